The zero-order valence-corrected chi connectivity index (χ0v) is 15.3. The fourth-order valence-corrected chi connectivity index (χ4v) is 2.77. The molecule has 1 amide bonds. The Balaban J connectivity index is 1.59. The predicted octanol–water partition coefficient (Wildman–Crippen LogP) is 0.976. The van der Waals surface area contributed by atoms with Crippen LogP contribution < -0.4 is 10.6 Å². The maximum Gasteiger partial charge on any atom is 0.253 e. The molecule has 2 unspecified atom stereocenters. The molecule has 3 heterocycles. The third-order valence-corrected chi connectivity index (χ3v) is 4.14. The van der Waals surface area contributed by atoms with Gasteiger partial charge in [-0.25, -0.2) is 4.98 Å². The number of aliphatic hydroxyl groups excluding tert-OH is 1. The molecule has 142 valence electrons. The molecule has 27 heavy (non-hydrogen) atoms. The topological polar surface area (TPSA) is 110 Å². The molecule has 9 heteroatoms. The number of pyridine rings is 1. The van der Waals surface area contributed by atoms with E-state index in [2.05, 4.69) is 25.8 Å². The van der Waals surface area contributed by atoms with Gasteiger partial charge in [-0.15, -0.1) is 0 Å². The van der Waals surface area contributed by atoms with Gasteiger partial charge in [-0.2, -0.15) is 10.2 Å². The van der Waals surface area contributed by atoms with Crippen molar-refractivity contribution < 1.29 is 9.90 Å². The molecule has 0 aliphatic carbocycles. The molecule has 0 aliphatic heterocycles. The quantitative estimate of drug-likeness (QED) is 0.546. The van der Waals surface area contributed by atoms with Crippen molar-refractivity contribution in [1.29, 1.82) is 0 Å². The molecule has 3 N–H and O–H groups in total. The number of carbonyl (C=O) groups is 1. The third kappa shape index (κ3) is 4.70. The molecule has 0 aromatic carbocycles. The highest BCUT2D eigenvalue weighted by Crippen LogP contribution is 2.17. The monoisotopic (exact) mass is 369 g/mol. The smallest absolute Gasteiger partial charge is 0.253 e. The highest BCUT2D eigenvalue weighted by molar-refractivity contribution is 5.94. The van der Waals surface area contributed by atoms with Crippen molar-refractivity contribution in [2.24, 2.45) is 7.05 Å². The van der Waals surface area contributed by atoms with Crippen molar-refractivity contribution in [3.63, 3.8) is 0 Å². The second-order valence-corrected chi connectivity index (χ2v) is 6.29. The number of nitrogens with zero attached hydrogens (tertiary/aromatic N) is 5. The second-order valence-electron chi connectivity index (χ2n) is 6.29. The number of aliphatic hydroxyl groups is 1. The lowest BCUT2D eigenvalue weighted by molar-refractivity contribution is 0.0935. The van der Waals surface area contributed by atoms with Crippen LogP contribution in [0.25, 0.3) is 0 Å². The van der Waals surface area contributed by atoms with Crippen LogP contribution in [0.15, 0.2) is 49.1 Å². The first-order valence-corrected chi connectivity index (χ1v) is 8.66. The normalized spacial score (nSPS) is 13.1. The molecule has 2 atom stereocenters. The minimum absolute atomic E-state index is 0.0705. The van der Waals surface area contributed by atoms with Crippen LogP contribution in [-0.4, -0.2) is 48.2 Å². The number of aromatic nitrogens is 5. The lowest BCUT2D eigenvalue weighted by Crippen LogP contribution is -2.35. The Morgan fingerprint density at radius 3 is 2.70 bits per heavy atom. The lowest BCUT2D eigenvalue weighted by Gasteiger charge is -2.17. The Kier molecular flexibility index (Phi) is 5.82. The zero-order valence-electron chi connectivity index (χ0n) is 15.3. The molecule has 3 aromatic heterocycles. The van der Waals surface area contributed by atoms with Crippen LogP contribution >= 0.6 is 0 Å². The zero-order chi connectivity index (χ0) is 19.2. The number of hydrogen-bond acceptors (Lipinski definition) is 6. The summed E-state index contributed by atoms with van der Waals surface area (Å²) in [5.74, 6) is 0.371. The van der Waals surface area contributed by atoms with Gasteiger partial charge in [0.2, 0.25) is 0 Å². The van der Waals surface area contributed by atoms with E-state index in [1.807, 2.05) is 32.3 Å². The van der Waals surface area contributed by atoms with Gasteiger partial charge in [-0.1, -0.05) is 0 Å². The minimum Gasteiger partial charge on any atom is -0.394 e. The fourth-order valence-electron chi connectivity index (χ4n) is 2.77. The molecule has 0 fully saturated rings. The SMILES string of the molecule is CC(Cn1cccn1)NC(=O)c1ccc(NC(CO)c2ccnn2C)nc1. The van der Waals surface area contributed by atoms with Gasteiger partial charge >= 0.3 is 0 Å². The van der Waals surface area contributed by atoms with E-state index in [0.29, 0.717) is 17.9 Å². The van der Waals surface area contributed by atoms with Gasteiger partial charge in [0.1, 0.15) is 5.82 Å². The summed E-state index contributed by atoms with van der Waals surface area (Å²) in [5, 5.41) is 23.9. The Morgan fingerprint density at radius 2 is 2.11 bits per heavy atom. The minimum atomic E-state index is -0.334. The second kappa shape index (κ2) is 8.45. The van der Waals surface area contributed by atoms with Crippen molar-refractivity contribution in [2.75, 3.05) is 11.9 Å². The Morgan fingerprint density at radius 1 is 1.26 bits per heavy atom. The lowest BCUT2D eigenvalue weighted by atomic mass is 10.2. The van der Waals surface area contributed by atoms with E-state index in [1.54, 1.807) is 33.9 Å². The number of anilines is 1. The molecule has 0 saturated heterocycles. The van der Waals surface area contributed by atoms with Crippen LogP contribution in [0.5, 0.6) is 0 Å². The maximum absolute atomic E-state index is 12.4. The number of aryl methyl sites for hydroxylation is 1. The Bertz CT molecular complexity index is 858. The summed E-state index contributed by atoms with van der Waals surface area (Å²) in [4.78, 5) is 16.6. The highest BCUT2D eigenvalue weighted by atomic mass is 16.3. The van der Waals surface area contributed by atoms with Crippen molar-refractivity contribution in [3.8, 4) is 0 Å². The van der Waals surface area contributed by atoms with E-state index in [4.69, 9.17) is 0 Å². The third-order valence-electron chi connectivity index (χ3n) is 4.14. The van der Waals surface area contributed by atoms with Crippen LogP contribution in [0.4, 0.5) is 5.82 Å². The van der Waals surface area contributed by atoms with E-state index in [0.717, 1.165) is 5.69 Å². The molecular weight excluding hydrogens is 346 g/mol. The predicted molar refractivity (Wildman–Crippen MR) is 100 cm³/mol. The molecule has 0 bridgehead atoms. The number of amides is 1. The maximum atomic E-state index is 12.4. The summed E-state index contributed by atoms with van der Waals surface area (Å²) in [7, 11) is 1.81. The fraction of sp³-hybridized carbons (Fsp3) is 0.333. The standard InChI is InChI=1S/C18H23N7O2/c1-13(11-25-9-3-7-21-25)22-18(27)14-4-5-17(19-10-14)23-15(12-26)16-6-8-20-24(16)2/h3-10,13,15,26H,11-12H2,1-2H3,(H,19,23)(H,22,27). The summed E-state index contributed by atoms with van der Waals surface area (Å²) in [6.45, 7) is 2.41. The largest absolute Gasteiger partial charge is 0.394 e. The molecule has 3 aromatic rings. The van der Waals surface area contributed by atoms with Crippen molar-refractivity contribution in [1.82, 2.24) is 29.9 Å². The Hall–Kier alpha value is -3.20. The van der Waals surface area contributed by atoms with E-state index in [9.17, 15) is 9.90 Å². The van der Waals surface area contributed by atoms with Crippen LogP contribution in [0.1, 0.15) is 29.0 Å². The summed E-state index contributed by atoms with van der Waals surface area (Å²) < 4.78 is 3.46. The van der Waals surface area contributed by atoms with Gasteiger partial charge in [0.25, 0.3) is 5.91 Å². The first kappa shape index (κ1) is 18.6. The molecule has 0 spiro atoms. The molecular formula is C18H23N7O2. The van der Waals surface area contributed by atoms with Crippen molar-refractivity contribution in [2.45, 2.75) is 25.6 Å². The van der Waals surface area contributed by atoms with Crippen LogP contribution in [0.2, 0.25) is 0 Å². The van der Waals surface area contributed by atoms with Crippen LogP contribution in [0.3, 0.4) is 0 Å². The van der Waals surface area contributed by atoms with E-state index < -0.39 is 0 Å². The van der Waals surface area contributed by atoms with Gasteiger partial charge in [0.15, 0.2) is 0 Å². The van der Waals surface area contributed by atoms with E-state index >= 15 is 0 Å². The van der Waals surface area contributed by atoms with Crippen LogP contribution in [0, 0.1) is 0 Å². The van der Waals surface area contributed by atoms with Gasteiger partial charge in [0, 0.05) is 37.9 Å². The first-order chi connectivity index (χ1) is 13.1. The number of nitrogens with one attached hydrogen (secondary N) is 2. The van der Waals surface area contributed by atoms with Gasteiger partial charge in [-0.05, 0) is 31.2 Å². The number of rotatable bonds is 8. The summed E-state index contributed by atoms with van der Waals surface area (Å²) in [6.07, 6.45) is 6.74. The van der Waals surface area contributed by atoms with Gasteiger partial charge in [0.05, 0.1) is 30.5 Å². The number of carbonyl (C=O) groups excluding carboxylic acids is 1. The molecule has 0 saturated carbocycles. The molecule has 0 radical (unpaired) electrons. The summed E-state index contributed by atoms with van der Waals surface area (Å²) in [6, 6.07) is 6.68. The highest BCUT2D eigenvalue weighted by Gasteiger charge is 2.15. The summed E-state index contributed by atoms with van der Waals surface area (Å²) >= 11 is 0. The number of hydrogen-bond donors (Lipinski definition) is 3. The average Bonchev–Trinajstić information content (AvgIpc) is 3.31. The van der Waals surface area contributed by atoms with Crippen molar-refractivity contribution >= 4 is 11.7 Å². The van der Waals surface area contributed by atoms with Gasteiger partial charge < -0.3 is 15.7 Å². The van der Waals surface area contributed by atoms with E-state index in [1.165, 1.54) is 6.20 Å². The molecule has 9 nitrogen and oxygen atoms in total. The molecule has 3 rings (SSSR count). The van der Waals surface area contributed by atoms with Crippen LogP contribution in [-0.2, 0) is 13.6 Å². The Labute approximate surface area is 157 Å². The average molecular weight is 369 g/mol. The molecule has 0 aliphatic rings. The van der Waals surface area contributed by atoms with E-state index in [-0.39, 0.29) is 24.6 Å². The van der Waals surface area contributed by atoms with Crippen molar-refractivity contribution in [3.05, 3.63) is 60.3 Å². The first-order valence-electron chi connectivity index (χ1n) is 8.66. The summed E-state index contributed by atoms with van der Waals surface area (Å²) in [5.41, 5.74) is 1.31. The van der Waals surface area contributed by atoms with Gasteiger partial charge in [-0.3, -0.25) is 14.2 Å².